The van der Waals surface area contributed by atoms with E-state index in [0.29, 0.717) is 5.56 Å². The minimum Gasteiger partial charge on any atom is -0.504 e. The molecule has 0 amide bonds. The Morgan fingerprint density at radius 2 is 1.36 bits per heavy atom. The van der Waals surface area contributed by atoms with Crippen LogP contribution in [0.25, 0.3) is 12.2 Å². The van der Waals surface area contributed by atoms with Gasteiger partial charge in [0.1, 0.15) is 24.9 Å². The number of carbonyl (C=O) groups is 3. The van der Waals surface area contributed by atoms with Gasteiger partial charge < -0.3 is 59.8 Å². The monoisotopic (exact) mass is 654 g/mol. The third kappa shape index (κ3) is 8.29. The van der Waals surface area contributed by atoms with E-state index < -0.39 is 83.8 Å². The average Bonchev–Trinajstić information content (AvgIpc) is 3.03. The Balaban J connectivity index is 1.56. The number of phenols is 6. The maximum Gasteiger partial charge on any atom is 0.331 e. The molecule has 15 nitrogen and oxygen atoms in total. The minimum atomic E-state index is -1.88. The van der Waals surface area contributed by atoms with Crippen molar-refractivity contribution in [2.24, 2.45) is 0 Å². The van der Waals surface area contributed by atoms with Crippen LogP contribution in [0.4, 0.5) is 0 Å². The molecule has 0 aliphatic carbocycles. The molecule has 5 atom stereocenters. The van der Waals surface area contributed by atoms with E-state index in [2.05, 4.69) is 0 Å². The third-order valence-corrected chi connectivity index (χ3v) is 6.81. The summed E-state index contributed by atoms with van der Waals surface area (Å²) in [5.41, 5.74) is 0.265. The van der Waals surface area contributed by atoms with Gasteiger partial charge in [-0.1, -0.05) is 18.2 Å². The van der Waals surface area contributed by atoms with Gasteiger partial charge in [-0.3, -0.25) is 9.59 Å². The Hall–Kier alpha value is -5.77. The SMILES string of the molecule is CC(=O)OC[C@H]1O[C@@H](Oc2ccc(C(=O)/C=C/c3ccc(O)c(O)c3)c(O)c2O)[C@H](OC(=O)/C=C/c2ccc(O)c(O)c2)[C@@H](O)[C@@H]1O. The molecule has 0 bridgehead atoms. The number of aliphatic hydroxyl groups is 2. The highest BCUT2D eigenvalue weighted by Crippen LogP contribution is 2.40. The number of esters is 2. The number of aliphatic hydroxyl groups excluding tert-OH is 2. The Morgan fingerprint density at radius 1 is 0.766 bits per heavy atom. The van der Waals surface area contributed by atoms with E-state index in [4.69, 9.17) is 18.9 Å². The largest absolute Gasteiger partial charge is 0.504 e. The van der Waals surface area contributed by atoms with Gasteiger partial charge in [-0.15, -0.1) is 0 Å². The van der Waals surface area contributed by atoms with Gasteiger partial charge in [0.05, 0.1) is 5.56 Å². The number of ether oxygens (including phenoxy) is 4. The van der Waals surface area contributed by atoms with Crippen LogP contribution in [0.15, 0.2) is 60.7 Å². The van der Waals surface area contributed by atoms with Gasteiger partial charge >= 0.3 is 11.9 Å². The van der Waals surface area contributed by atoms with Crippen molar-refractivity contribution >= 4 is 29.9 Å². The third-order valence-electron chi connectivity index (χ3n) is 6.81. The van der Waals surface area contributed by atoms with Crippen LogP contribution in [0.3, 0.4) is 0 Å². The second-order valence-corrected chi connectivity index (χ2v) is 10.2. The van der Waals surface area contributed by atoms with Crippen LogP contribution in [-0.2, 0) is 23.8 Å². The molecule has 47 heavy (non-hydrogen) atoms. The molecule has 0 unspecified atom stereocenters. The highest BCUT2D eigenvalue weighted by Gasteiger charge is 2.48. The van der Waals surface area contributed by atoms with Gasteiger partial charge in [-0.2, -0.15) is 0 Å². The van der Waals surface area contributed by atoms with Gasteiger partial charge in [-0.25, -0.2) is 4.79 Å². The van der Waals surface area contributed by atoms with Crippen molar-refractivity contribution in [2.45, 2.75) is 37.6 Å². The summed E-state index contributed by atoms with van der Waals surface area (Å²) in [6, 6.07) is 9.68. The molecular weight excluding hydrogens is 624 g/mol. The Kier molecular flexibility index (Phi) is 10.6. The minimum absolute atomic E-state index is 0.290. The number of hydrogen-bond donors (Lipinski definition) is 8. The highest BCUT2D eigenvalue weighted by molar-refractivity contribution is 6.09. The van der Waals surface area contributed by atoms with Crippen molar-refractivity contribution < 1.29 is 74.2 Å². The molecule has 1 heterocycles. The topological polar surface area (TPSA) is 250 Å². The summed E-state index contributed by atoms with van der Waals surface area (Å²) in [6.07, 6.45) is -4.15. The van der Waals surface area contributed by atoms with Crippen LogP contribution in [0.5, 0.6) is 40.2 Å². The van der Waals surface area contributed by atoms with Crippen molar-refractivity contribution in [3.05, 3.63) is 77.4 Å². The second kappa shape index (κ2) is 14.6. The number of rotatable bonds is 10. The van der Waals surface area contributed by atoms with Gasteiger partial charge in [-0.05, 0) is 59.7 Å². The van der Waals surface area contributed by atoms with Gasteiger partial charge in [0.25, 0.3) is 0 Å². The average molecular weight is 655 g/mol. The Morgan fingerprint density at radius 3 is 1.94 bits per heavy atom. The van der Waals surface area contributed by atoms with Gasteiger partial charge in [0, 0.05) is 13.0 Å². The lowest BCUT2D eigenvalue weighted by Crippen LogP contribution is -2.61. The van der Waals surface area contributed by atoms with E-state index >= 15 is 0 Å². The van der Waals surface area contributed by atoms with Crippen molar-refractivity contribution in [1.82, 2.24) is 0 Å². The smallest absolute Gasteiger partial charge is 0.331 e. The first-order chi connectivity index (χ1) is 22.2. The maximum absolute atomic E-state index is 12.7. The summed E-state index contributed by atoms with van der Waals surface area (Å²) in [5.74, 6) is -6.55. The van der Waals surface area contributed by atoms with E-state index in [9.17, 15) is 55.2 Å². The van der Waals surface area contributed by atoms with Gasteiger partial charge in [0.2, 0.25) is 12.0 Å². The van der Waals surface area contributed by atoms with Crippen molar-refractivity contribution in [3.8, 4) is 40.2 Å². The predicted octanol–water partition coefficient (Wildman–Crippen LogP) is 1.83. The molecule has 8 N–H and O–H groups in total. The molecular formula is C32H30O15. The van der Waals surface area contributed by atoms with E-state index in [1.165, 1.54) is 42.5 Å². The quantitative estimate of drug-likeness (QED) is 0.0672. The number of phenolic OH excluding ortho intramolecular Hbond substituents is 6. The number of ketones is 1. The normalized spacial score (nSPS) is 21.0. The lowest BCUT2D eigenvalue weighted by atomic mass is 9.99. The molecule has 1 fully saturated rings. The van der Waals surface area contributed by atoms with E-state index in [1.807, 2.05) is 0 Å². The zero-order chi connectivity index (χ0) is 34.4. The van der Waals surface area contributed by atoms with E-state index in [0.717, 1.165) is 37.3 Å². The Labute approximate surface area is 266 Å². The van der Waals surface area contributed by atoms with Gasteiger partial charge in [0.15, 0.2) is 46.4 Å². The number of allylic oxidation sites excluding steroid dienone is 1. The fraction of sp³-hybridized carbons (Fsp3) is 0.219. The summed E-state index contributed by atoms with van der Waals surface area (Å²) < 4.78 is 21.4. The molecule has 3 aromatic carbocycles. The van der Waals surface area contributed by atoms with Crippen LogP contribution in [0, 0.1) is 0 Å². The molecule has 4 rings (SSSR count). The van der Waals surface area contributed by atoms with Crippen LogP contribution in [0.1, 0.15) is 28.4 Å². The molecule has 15 heteroatoms. The lowest BCUT2D eigenvalue weighted by molar-refractivity contribution is -0.282. The first-order valence-electron chi connectivity index (χ1n) is 13.8. The fourth-order valence-electron chi connectivity index (χ4n) is 4.33. The lowest BCUT2D eigenvalue weighted by Gasteiger charge is -2.41. The molecule has 3 aromatic rings. The molecule has 248 valence electrons. The summed E-state index contributed by atoms with van der Waals surface area (Å²) in [4.78, 5) is 36.7. The first-order valence-corrected chi connectivity index (χ1v) is 13.8. The molecule has 1 saturated heterocycles. The first kappa shape index (κ1) is 34.1. The van der Waals surface area contributed by atoms with Crippen molar-refractivity contribution in [2.75, 3.05) is 6.61 Å². The zero-order valence-corrected chi connectivity index (χ0v) is 24.5. The van der Waals surface area contributed by atoms with E-state index in [1.54, 1.807) is 0 Å². The summed E-state index contributed by atoms with van der Waals surface area (Å²) >= 11 is 0. The predicted molar refractivity (Wildman–Crippen MR) is 160 cm³/mol. The molecule has 1 aliphatic heterocycles. The Bertz CT molecular complexity index is 1710. The molecule has 0 radical (unpaired) electrons. The van der Waals surface area contributed by atoms with Crippen molar-refractivity contribution in [1.29, 1.82) is 0 Å². The second-order valence-electron chi connectivity index (χ2n) is 10.2. The zero-order valence-electron chi connectivity index (χ0n) is 24.5. The number of aromatic hydroxyl groups is 6. The molecule has 0 aromatic heterocycles. The van der Waals surface area contributed by atoms with Crippen molar-refractivity contribution in [3.63, 3.8) is 0 Å². The molecule has 1 aliphatic rings. The summed E-state index contributed by atoms with van der Waals surface area (Å²) in [6.45, 7) is 0.548. The fourth-order valence-corrected chi connectivity index (χ4v) is 4.33. The summed E-state index contributed by atoms with van der Waals surface area (Å²) in [7, 11) is 0. The van der Waals surface area contributed by atoms with Crippen LogP contribution < -0.4 is 4.74 Å². The van der Waals surface area contributed by atoms with E-state index in [-0.39, 0.29) is 22.6 Å². The molecule has 0 spiro atoms. The standard InChI is InChI=1S/C32H30O15/c1-15(33)44-14-25-29(42)30(43)31(47-26(39)11-5-17-4-9-21(36)23(38)13-17)32(46-25)45-24-10-6-18(27(40)28(24)41)19(34)7-2-16-3-8-20(35)22(37)12-16/h2-13,25,29-32,35-38,40-43H,14H2,1H3/b7-2+,11-5+/t25-,29-,30+,31-,32-/m1/s1. The highest BCUT2D eigenvalue weighted by atomic mass is 16.7. The maximum atomic E-state index is 12.7. The van der Waals surface area contributed by atoms with Crippen LogP contribution >= 0.6 is 0 Å². The number of benzene rings is 3. The van der Waals surface area contributed by atoms with Crippen LogP contribution in [0.2, 0.25) is 0 Å². The molecule has 0 saturated carbocycles. The number of hydrogen-bond acceptors (Lipinski definition) is 15. The number of carbonyl (C=O) groups excluding carboxylic acids is 3. The summed E-state index contributed by atoms with van der Waals surface area (Å²) in [5, 5.41) is 80.9. The van der Waals surface area contributed by atoms with Crippen LogP contribution in [-0.4, -0.2) is 95.9 Å².